The predicted octanol–water partition coefficient (Wildman–Crippen LogP) is 2.64. The highest BCUT2D eigenvalue weighted by Gasteiger charge is 2.46. The smallest absolute Gasteiger partial charge is 0.436 e. The number of pyridine rings is 2. The van der Waals surface area contributed by atoms with Crippen LogP contribution in [0.15, 0.2) is 24.5 Å². The molecule has 3 aromatic heterocycles. The normalized spacial score (nSPS) is 19.6. The lowest BCUT2D eigenvalue weighted by molar-refractivity contribution is -0.143. The first-order chi connectivity index (χ1) is 16.2. The highest BCUT2D eigenvalue weighted by Crippen LogP contribution is 2.37. The first kappa shape index (κ1) is 22.1. The van der Waals surface area contributed by atoms with Gasteiger partial charge in [-0.2, -0.15) is 13.2 Å². The highest BCUT2D eigenvalue weighted by atomic mass is 19.4. The number of amides is 1. The minimum atomic E-state index is -5.06. The van der Waals surface area contributed by atoms with Gasteiger partial charge in [0, 0.05) is 18.8 Å². The van der Waals surface area contributed by atoms with Gasteiger partial charge in [0.05, 0.1) is 38.1 Å². The Labute approximate surface area is 188 Å². The van der Waals surface area contributed by atoms with Crippen molar-refractivity contribution in [3.63, 3.8) is 0 Å². The quantitative estimate of drug-likeness (QED) is 0.530. The molecular formula is C20H15F5N6O3. The van der Waals surface area contributed by atoms with E-state index in [0.717, 1.165) is 18.5 Å². The summed E-state index contributed by atoms with van der Waals surface area (Å²) in [5.74, 6) is -2.84. The van der Waals surface area contributed by atoms with Gasteiger partial charge in [0.2, 0.25) is 0 Å². The van der Waals surface area contributed by atoms with Crippen LogP contribution in [0.3, 0.4) is 0 Å². The number of carbonyl (C=O) groups is 1. The fourth-order valence-corrected chi connectivity index (χ4v) is 4.16. The number of rotatable bonds is 3. The van der Waals surface area contributed by atoms with E-state index in [9.17, 15) is 26.7 Å². The van der Waals surface area contributed by atoms with Crippen molar-refractivity contribution in [2.45, 2.75) is 24.8 Å². The van der Waals surface area contributed by atoms with Crippen LogP contribution in [0.5, 0.6) is 5.75 Å². The summed E-state index contributed by atoms with van der Waals surface area (Å²) in [4.78, 5) is 21.5. The molecule has 3 aromatic rings. The number of morpholine rings is 1. The topological polar surface area (TPSA) is 95.3 Å². The molecule has 2 aliphatic rings. The summed E-state index contributed by atoms with van der Waals surface area (Å²) >= 11 is 0. The molecule has 0 spiro atoms. The summed E-state index contributed by atoms with van der Waals surface area (Å²) in [6.45, 7) is 0.123. The number of halogens is 5. The van der Waals surface area contributed by atoms with Crippen LogP contribution in [0.25, 0.3) is 11.5 Å². The van der Waals surface area contributed by atoms with Gasteiger partial charge < -0.3 is 18.9 Å². The summed E-state index contributed by atoms with van der Waals surface area (Å²) in [6.07, 6.45) is -3.34. The van der Waals surface area contributed by atoms with Crippen molar-refractivity contribution >= 4 is 5.91 Å². The second-order valence-electron chi connectivity index (χ2n) is 7.63. The lowest BCUT2D eigenvalue weighted by Crippen LogP contribution is -2.56. The Morgan fingerprint density at radius 2 is 2.00 bits per heavy atom. The number of aromatic nitrogens is 5. The van der Waals surface area contributed by atoms with Gasteiger partial charge >= 0.3 is 6.18 Å². The van der Waals surface area contributed by atoms with E-state index < -0.39 is 47.1 Å². The van der Waals surface area contributed by atoms with E-state index in [1.165, 1.54) is 18.1 Å². The van der Waals surface area contributed by atoms with E-state index in [0.29, 0.717) is 0 Å². The average Bonchev–Trinajstić information content (AvgIpc) is 3.21. The van der Waals surface area contributed by atoms with Gasteiger partial charge in [0.15, 0.2) is 34.7 Å². The zero-order valence-corrected chi connectivity index (χ0v) is 17.4. The van der Waals surface area contributed by atoms with Crippen molar-refractivity contribution in [3.8, 4) is 17.3 Å². The Balaban J connectivity index is 1.54. The van der Waals surface area contributed by atoms with Crippen LogP contribution < -0.4 is 4.74 Å². The molecule has 1 saturated heterocycles. The molecule has 178 valence electrons. The molecule has 5 heterocycles. The molecule has 0 saturated carbocycles. The van der Waals surface area contributed by atoms with Crippen molar-refractivity contribution < 1.29 is 36.2 Å². The van der Waals surface area contributed by atoms with Crippen LogP contribution in [-0.2, 0) is 17.5 Å². The lowest BCUT2D eigenvalue weighted by Gasteiger charge is -2.45. The number of ether oxygens (including phenoxy) is 2. The largest absolute Gasteiger partial charge is 0.494 e. The van der Waals surface area contributed by atoms with Gasteiger partial charge in [-0.25, -0.2) is 18.7 Å². The molecule has 5 rings (SSSR count). The average molecular weight is 482 g/mol. The van der Waals surface area contributed by atoms with E-state index in [1.54, 1.807) is 4.57 Å². The Bertz CT molecular complexity index is 1280. The van der Waals surface area contributed by atoms with Crippen LogP contribution in [0, 0.1) is 11.6 Å². The van der Waals surface area contributed by atoms with Gasteiger partial charge in [0.1, 0.15) is 11.7 Å². The zero-order valence-electron chi connectivity index (χ0n) is 17.4. The third-order valence-corrected chi connectivity index (χ3v) is 5.68. The van der Waals surface area contributed by atoms with Crippen LogP contribution >= 0.6 is 0 Å². The Kier molecular flexibility index (Phi) is 5.19. The van der Waals surface area contributed by atoms with Crippen molar-refractivity contribution in [1.82, 2.24) is 29.6 Å². The van der Waals surface area contributed by atoms with Crippen LogP contribution in [0.1, 0.15) is 27.9 Å². The minimum absolute atomic E-state index is 0.0284. The molecule has 1 fully saturated rings. The summed E-state index contributed by atoms with van der Waals surface area (Å²) < 4.78 is 79.9. The minimum Gasteiger partial charge on any atom is -0.494 e. The van der Waals surface area contributed by atoms with Crippen molar-refractivity contribution in [2.75, 3.05) is 20.3 Å². The lowest BCUT2D eigenvalue weighted by atomic mass is 10.0. The fraction of sp³-hybridized carbons (Fsp3) is 0.350. The molecule has 34 heavy (non-hydrogen) atoms. The van der Waals surface area contributed by atoms with Gasteiger partial charge in [-0.15, -0.1) is 10.2 Å². The molecule has 0 N–H and O–H groups in total. The van der Waals surface area contributed by atoms with E-state index in [-0.39, 0.29) is 42.9 Å². The zero-order chi connectivity index (χ0) is 24.2. The number of alkyl halides is 3. The number of hydrogen-bond acceptors (Lipinski definition) is 7. The van der Waals surface area contributed by atoms with Crippen LogP contribution in [0.4, 0.5) is 22.0 Å². The standard InChI is InChI=1S/C20H15F5N6O3/c1-33-14-4-12(27-5-11(14)21)17-28-29-18-13-8-34-7-9(6-30(17)18)31(13)19(32)10-2-3-26-16(15(10)22)20(23,24)25/h2-5,9,13H,6-8H2,1H3/t9-,13-/m1/s1. The Morgan fingerprint density at radius 1 is 1.21 bits per heavy atom. The maximum Gasteiger partial charge on any atom is 0.436 e. The van der Waals surface area contributed by atoms with Gasteiger partial charge in [0.25, 0.3) is 5.91 Å². The van der Waals surface area contributed by atoms with Crippen LogP contribution in [-0.4, -0.2) is 61.9 Å². The third kappa shape index (κ3) is 3.45. The Morgan fingerprint density at radius 3 is 2.74 bits per heavy atom. The van der Waals surface area contributed by atoms with Crippen LogP contribution in [0.2, 0.25) is 0 Å². The summed E-state index contributed by atoms with van der Waals surface area (Å²) in [5, 5.41) is 8.23. The number of methoxy groups -OCH3 is 1. The molecule has 2 bridgehead atoms. The molecule has 2 atom stereocenters. The number of nitrogens with zero attached hydrogens (tertiary/aromatic N) is 6. The van der Waals surface area contributed by atoms with E-state index >= 15 is 0 Å². The van der Waals surface area contributed by atoms with E-state index in [2.05, 4.69) is 20.2 Å². The molecule has 0 aromatic carbocycles. The molecule has 1 amide bonds. The second kappa shape index (κ2) is 7.97. The first-order valence-electron chi connectivity index (χ1n) is 9.95. The molecule has 0 unspecified atom stereocenters. The highest BCUT2D eigenvalue weighted by molar-refractivity contribution is 5.95. The third-order valence-electron chi connectivity index (χ3n) is 5.68. The second-order valence-corrected chi connectivity index (χ2v) is 7.63. The van der Waals surface area contributed by atoms with Gasteiger partial charge in [-0.3, -0.25) is 4.79 Å². The molecule has 9 nitrogen and oxygen atoms in total. The SMILES string of the molecule is COc1cc(-c2nnc3n2C[C@@H]2COC[C@H]3N2C(=O)c2ccnc(C(F)(F)F)c2F)ncc1F. The summed E-state index contributed by atoms with van der Waals surface area (Å²) in [6, 6.07) is 0.757. The van der Waals surface area contributed by atoms with E-state index in [1.807, 2.05) is 0 Å². The maximum atomic E-state index is 14.6. The van der Waals surface area contributed by atoms with Gasteiger partial charge in [-0.1, -0.05) is 0 Å². The number of fused-ring (bicyclic) bond motifs is 4. The maximum absolute atomic E-state index is 14.6. The number of carbonyl (C=O) groups excluding carboxylic acids is 1. The summed E-state index contributed by atoms with van der Waals surface area (Å²) in [5.41, 5.74) is -2.25. The monoisotopic (exact) mass is 482 g/mol. The molecule has 0 aliphatic carbocycles. The van der Waals surface area contributed by atoms with E-state index in [4.69, 9.17) is 9.47 Å². The first-order valence-corrected chi connectivity index (χ1v) is 9.95. The molecule has 2 aliphatic heterocycles. The predicted molar refractivity (Wildman–Crippen MR) is 102 cm³/mol. The number of hydrogen-bond donors (Lipinski definition) is 0. The Hall–Kier alpha value is -3.68. The van der Waals surface area contributed by atoms with Crippen molar-refractivity contribution in [2.24, 2.45) is 0 Å². The van der Waals surface area contributed by atoms with Crippen molar-refractivity contribution in [3.05, 3.63) is 53.2 Å². The van der Waals surface area contributed by atoms with Crippen molar-refractivity contribution in [1.29, 1.82) is 0 Å². The molecule has 14 heteroatoms. The molecular weight excluding hydrogens is 467 g/mol. The summed E-state index contributed by atoms with van der Waals surface area (Å²) in [7, 11) is 1.30. The molecule has 0 radical (unpaired) electrons. The van der Waals surface area contributed by atoms with Gasteiger partial charge in [-0.05, 0) is 6.07 Å². The fourth-order valence-electron chi connectivity index (χ4n) is 4.16.